The summed E-state index contributed by atoms with van der Waals surface area (Å²) in [6.45, 7) is 0.728. The number of rotatable bonds is 6. The van der Waals surface area contributed by atoms with Crippen molar-refractivity contribution in [3.8, 4) is 0 Å². The first-order valence-electron chi connectivity index (χ1n) is 4.56. The molecule has 0 aliphatic heterocycles. The van der Waals surface area contributed by atoms with E-state index in [0.29, 0.717) is 6.42 Å². The van der Waals surface area contributed by atoms with Crippen molar-refractivity contribution >= 4 is 11.8 Å². The Balaban J connectivity index is 3.80. The van der Waals surface area contributed by atoms with Crippen molar-refractivity contribution in [2.75, 3.05) is 34.4 Å². The molecule has 0 aromatic carbocycles. The quantitative estimate of drug-likeness (QED) is 0.596. The fraction of sp³-hybridized carbons (Fsp3) is 0.778. The highest BCUT2D eigenvalue weighted by Crippen LogP contribution is 1.95. The van der Waals surface area contributed by atoms with Crippen molar-refractivity contribution < 1.29 is 14.3 Å². The molecule has 82 valence electrons. The van der Waals surface area contributed by atoms with E-state index in [9.17, 15) is 9.59 Å². The van der Waals surface area contributed by atoms with Gasteiger partial charge in [0.15, 0.2) is 0 Å². The number of hydrogen-bond donors (Lipinski definition) is 1. The lowest BCUT2D eigenvalue weighted by Crippen LogP contribution is -2.35. The number of ether oxygens (including phenoxy) is 1. The zero-order chi connectivity index (χ0) is 11.0. The van der Waals surface area contributed by atoms with Gasteiger partial charge in [-0.15, -0.1) is 0 Å². The number of amides is 2. The highest BCUT2D eigenvalue weighted by Gasteiger charge is 2.15. The normalized spacial score (nSPS) is 9.93. The molecule has 0 bridgehead atoms. The summed E-state index contributed by atoms with van der Waals surface area (Å²) in [7, 11) is 4.73. The molecular weight excluding hydrogens is 184 g/mol. The smallest absolute Gasteiger partial charge is 0.254 e. The maximum Gasteiger partial charge on any atom is 0.254 e. The van der Waals surface area contributed by atoms with E-state index in [-0.39, 0.29) is 18.4 Å². The minimum Gasteiger partial charge on any atom is -0.375 e. The molecule has 1 N–H and O–H groups in total. The Labute approximate surface area is 84.4 Å². The van der Waals surface area contributed by atoms with Gasteiger partial charge in [0.05, 0.1) is 0 Å². The second kappa shape index (κ2) is 7.46. The minimum absolute atomic E-state index is 0.0474. The largest absolute Gasteiger partial charge is 0.375 e. The van der Waals surface area contributed by atoms with Crippen molar-refractivity contribution in [2.24, 2.45) is 0 Å². The summed E-state index contributed by atoms with van der Waals surface area (Å²) in [6, 6.07) is 0. The van der Waals surface area contributed by atoms with E-state index in [2.05, 4.69) is 10.1 Å². The van der Waals surface area contributed by atoms with Gasteiger partial charge in [-0.3, -0.25) is 14.5 Å². The van der Waals surface area contributed by atoms with Gasteiger partial charge in [0, 0.05) is 20.6 Å². The van der Waals surface area contributed by atoms with E-state index in [1.807, 2.05) is 7.05 Å². The van der Waals surface area contributed by atoms with Gasteiger partial charge in [-0.1, -0.05) is 0 Å². The first-order chi connectivity index (χ1) is 6.63. The Morgan fingerprint density at radius 2 is 2.00 bits per heavy atom. The van der Waals surface area contributed by atoms with Crippen molar-refractivity contribution in [3.63, 3.8) is 0 Å². The highest BCUT2D eigenvalue weighted by atomic mass is 16.5. The van der Waals surface area contributed by atoms with Gasteiger partial charge in [-0.05, 0) is 20.0 Å². The monoisotopic (exact) mass is 202 g/mol. The van der Waals surface area contributed by atoms with Crippen molar-refractivity contribution in [1.29, 1.82) is 0 Å². The van der Waals surface area contributed by atoms with Crippen LogP contribution in [-0.2, 0) is 14.3 Å². The van der Waals surface area contributed by atoms with Gasteiger partial charge in [0.25, 0.3) is 5.91 Å². The molecule has 0 heterocycles. The molecule has 0 fully saturated rings. The lowest BCUT2D eigenvalue weighted by molar-refractivity contribution is -0.145. The molecule has 0 saturated carbocycles. The summed E-state index contributed by atoms with van der Waals surface area (Å²) < 4.78 is 4.64. The number of nitrogens with one attached hydrogen (secondary N) is 1. The summed E-state index contributed by atoms with van der Waals surface area (Å²) in [6.07, 6.45) is 1.12. The van der Waals surface area contributed by atoms with Crippen LogP contribution in [0.4, 0.5) is 0 Å². The average molecular weight is 202 g/mol. The van der Waals surface area contributed by atoms with E-state index in [4.69, 9.17) is 0 Å². The molecule has 0 aromatic rings. The molecule has 0 unspecified atom stereocenters. The van der Waals surface area contributed by atoms with E-state index < -0.39 is 0 Å². The van der Waals surface area contributed by atoms with Crippen LogP contribution < -0.4 is 5.32 Å². The molecule has 0 atom stereocenters. The third-order valence-electron chi connectivity index (χ3n) is 1.83. The number of likely N-dealkylation sites (N-methyl/N-ethyl adjacent to an activating group) is 1. The van der Waals surface area contributed by atoms with Crippen LogP contribution in [-0.4, -0.2) is 51.1 Å². The van der Waals surface area contributed by atoms with E-state index >= 15 is 0 Å². The molecule has 0 aliphatic rings. The summed E-state index contributed by atoms with van der Waals surface area (Å²) in [4.78, 5) is 23.6. The van der Waals surface area contributed by atoms with E-state index in [1.54, 1.807) is 0 Å². The predicted molar refractivity (Wildman–Crippen MR) is 52.8 cm³/mol. The molecule has 0 radical (unpaired) electrons. The fourth-order valence-electron chi connectivity index (χ4n) is 0.943. The third kappa shape index (κ3) is 4.94. The fourth-order valence-corrected chi connectivity index (χ4v) is 0.943. The standard InChI is InChI=1S/C9H18N2O3/c1-10-6-4-5-8(12)11(2)9(13)7-14-3/h10H,4-7H2,1-3H3. The molecule has 0 spiro atoms. The third-order valence-corrected chi connectivity index (χ3v) is 1.83. The Bertz CT molecular complexity index is 194. The number of carbonyl (C=O) groups excluding carboxylic acids is 2. The Morgan fingerprint density at radius 1 is 1.36 bits per heavy atom. The lowest BCUT2D eigenvalue weighted by Gasteiger charge is -2.14. The SMILES string of the molecule is CNCCCC(=O)N(C)C(=O)COC. The Hall–Kier alpha value is -0.940. The first kappa shape index (κ1) is 13.1. The van der Waals surface area contributed by atoms with Crippen LogP contribution in [0.25, 0.3) is 0 Å². The van der Waals surface area contributed by atoms with Crippen LogP contribution in [0.1, 0.15) is 12.8 Å². The predicted octanol–water partition coefficient (Wildman–Crippen LogP) is -0.383. The zero-order valence-corrected chi connectivity index (χ0v) is 9.00. The summed E-state index contributed by atoms with van der Waals surface area (Å²) in [5, 5.41) is 2.94. The second-order valence-electron chi connectivity index (χ2n) is 2.99. The summed E-state index contributed by atoms with van der Waals surface area (Å²) in [5.41, 5.74) is 0. The van der Waals surface area contributed by atoms with Crippen LogP contribution in [0.3, 0.4) is 0 Å². The van der Waals surface area contributed by atoms with E-state index in [1.165, 1.54) is 14.2 Å². The molecule has 0 rings (SSSR count). The molecule has 5 heteroatoms. The Morgan fingerprint density at radius 3 is 2.50 bits per heavy atom. The first-order valence-corrected chi connectivity index (χ1v) is 4.56. The van der Waals surface area contributed by atoms with Crippen LogP contribution >= 0.6 is 0 Å². The van der Waals surface area contributed by atoms with Crippen LogP contribution in [0, 0.1) is 0 Å². The van der Waals surface area contributed by atoms with Crippen molar-refractivity contribution in [2.45, 2.75) is 12.8 Å². The number of hydrogen-bond acceptors (Lipinski definition) is 4. The van der Waals surface area contributed by atoms with Crippen LogP contribution in [0.2, 0.25) is 0 Å². The molecule has 0 aliphatic carbocycles. The highest BCUT2D eigenvalue weighted by molar-refractivity contribution is 5.95. The van der Waals surface area contributed by atoms with Crippen molar-refractivity contribution in [3.05, 3.63) is 0 Å². The van der Waals surface area contributed by atoms with Gasteiger partial charge < -0.3 is 10.1 Å². The van der Waals surface area contributed by atoms with Gasteiger partial charge >= 0.3 is 0 Å². The van der Waals surface area contributed by atoms with Crippen LogP contribution in [0.5, 0.6) is 0 Å². The molecular formula is C9H18N2O3. The summed E-state index contributed by atoms with van der Waals surface area (Å²) >= 11 is 0. The van der Waals surface area contributed by atoms with Gasteiger partial charge in [0.1, 0.15) is 6.61 Å². The maximum atomic E-state index is 11.4. The van der Waals surface area contributed by atoms with Crippen LogP contribution in [0.15, 0.2) is 0 Å². The second-order valence-corrected chi connectivity index (χ2v) is 2.99. The average Bonchev–Trinajstić information content (AvgIpc) is 2.17. The van der Waals surface area contributed by atoms with Gasteiger partial charge in [-0.2, -0.15) is 0 Å². The van der Waals surface area contributed by atoms with Crippen molar-refractivity contribution in [1.82, 2.24) is 10.2 Å². The molecule has 5 nitrogen and oxygen atoms in total. The molecule has 14 heavy (non-hydrogen) atoms. The molecule has 2 amide bonds. The van der Waals surface area contributed by atoms with Gasteiger partial charge in [-0.25, -0.2) is 0 Å². The zero-order valence-electron chi connectivity index (χ0n) is 9.00. The Kier molecular flexibility index (Phi) is 6.96. The molecule has 0 saturated heterocycles. The number of imide groups is 1. The topological polar surface area (TPSA) is 58.6 Å². The number of nitrogens with zero attached hydrogens (tertiary/aromatic N) is 1. The molecule has 0 aromatic heterocycles. The van der Waals surface area contributed by atoms with E-state index in [0.717, 1.165) is 17.9 Å². The lowest BCUT2D eigenvalue weighted by atomic mass is 10.3. The maximum absolute atomic E-state index is 11.4. The minimum atomic E-state index is -0.304. The number of carbonyl (C=O) groups is 2. The summed E-state index contributed by atoms with van der Waals surface area (Å²) in [5.74, 6) is -0.468. The number of methoxy groups -OCH3 is 1. The van der Waals surface area contributed by atoms with Gasteiger partial charge in [0.2, 0.25) is 5.91 Å².